The summed E-state index contributed by atoms with van der Waals surface area (Å²) in [7, 11) is 0. The van der Waals surface area contributed by atoms with E-state index in [4.69, 9.17) is 4.74 Å². The average molecular weight is 745 g/mol. The van der Waals surface area contributed by atoms with E-state index in [1.54, 1.807) is 30.5 Å². The third-order valence-electron chi connectivity index (χ3n) is 10.1. The minimum atomic E-state index is -4.74. The number of piperidine rings is 1. The van der Waals surface area contributed by atoms with Gasteiger partial charge in [0.15, 0.2) is 5.69 Å². The first kappa shape index (κ1) is 35.4. The third kappa shape index (κ3) is 6.59. The summed E-state index contributed by atoms with van der Waals surface area (Å²) in [6, 6.07) is 40.3. The van der Waals surface area contributed by atoms with E-state index in [0.29, 0.717) is 29.9 Å². The van der Waals surface area contributed by atoms with Gasteiger partial charge in [-0.05, 0) is 64.9 Å². The van der Waals surface area contributed by atoms with Gasteiger partial charge in [-0.1, -0.05) is 97.1 Å². The van der Waals surface area contributed by atoms with Crippen LogP contribution >= 0.6 is 11.8 Å². The number of hydrogen-bond acceptors (Lipinski definition) is 5. The van der Waals surface area contributed by atoms with Gasteiger partial charge in [-0.2, -0.15) is 18.3 Å². The van der Waals surface area contributed by atoms with Crippen molar-refractivity contribution in [3.05, 3.63) is 174 Å². The van der Waals surface area contributed by atoms with Crippen molar-refractivity contribution < 1.29 is 22.3 Å². The normalized spacial score (nSPS) is 14.1. The molecule has 0 N–H and O–H groups in total. The standard InChI is InChI=1S/C44H36F4N4OS/c1-54-41-28-34(45)18-20-40(41)53-35-22-25-51(26-23-35)39-21-24-49-38-19-17-30(27-36(38)39)37-29-52(50-42(37)44(46,47)48)43(31-11-5-2-6-12-31,32-13-7-3-8-14-32)33-15-9-4-10-16-33/h2-21,24,27-29,35H,22-23,25-26H2,1H3. The highest BCUT2D eigenvalue weighted by atomic mass is 32.2. The first-order valence-corrected chi connectivity index (χ1v) is 19.0. The summed E-state index contributed by atoms with van der Waals surface area (Å²) < 4.78 is 67.1. The highest BCUT2D eigenvalue weighted by Crippen LogP contribution is 2.45. The molecule has 0 saturated carbocycles. The summed E-state index contributed by atoms with van der Waals surface area (Å²) in [5.41, 5.74) is 2.05. The SMILES string of the molecule is CSc1cc(F)ccc1OC1CCN(c2ccnc3ccc(-c4cn(C(c5ccccc5)(c5ccccc5)c5ccccc5)nc4C(F)(F)F)cc23)CC1. The van der Waals surface area contributed by atoms with Crippen molar-refractivity contribution >= 4 is 28.4 Å². The van der Waals surface area contributed by atoms with Gasteiger partial charge in [0, 0.05) is 55.0 Å². The predicted molar refractivity (Wildman–Crippen MR) is 207 cm³/mol. The molecule has 5 nitrogen and oxygen atoms in total. The van der Waals surface area contributed by atoms with Crippen LogP contribution in [0.15, 0.2) is 151 Å². The number of pyridine rings is 1. The van der Waals surface area contributed by atoms with Crippen molar-refractivity contribution in [3.8, 4) is 16.9 Å². The number of aromatic nitrogens is 3. The maximum Gasteiger partial charge on any atom is 0.435 e. The molecule has 0 bridgehead atoms. The molecule has 8 rings (SSSR count). The summed E-state index contributed by atoms with van der Waals surface area (Å²) in [5.74, 6) is 0.362. The van der Waals surface area contributed by atoms with Crippen molar-refractivity contribution in [1.82, 2.24) is 14.8 Å². The lowest BCUT2D eigenvalue weighted by molar-refractivity contribution is -0.141. The Morgan fingerprint density at radius 3 is 1.93 bits per heavy atom. The fraction of sp³-hybridized carbons (Fsp3) is 0.182. The second-order valence-corrected chi connectivity index (χ2v) is 14.2. The summed E-state index contributed by atoms with van der Waals surface area (Å²) in [6.45, 7) is 1.34. The molecule has 0 atom stereocenters. The van der Waals surface area contributed by atoms with Gasteiger partial charge in [-0.25, -0.2) is 4.39 Å². The zero-order valence-corrected chi connectivity index (χ0v) is 30.2. The van der Waals surface area contributed by atoms with Crippen molar-refractivity contribution in [2.45, 2.75) is 35.6 Å². The second-order valence-electron chi connectivity index (χ2n) is 13.3. The molecule has 1 fully saturated rings. The van der Waals surface area contributed by atoms with E-state index in [0.717, 1.165) is 45.5 Å². The fourth-order valence-electron chi connectivity index (χ4n) is 7.61. The monoisotopic (exact) mass is 744 g/mol. The van der Waals surface area contributed by atoms with Gasteiger partial charge in [-0.3, -0.25) is 9.67 Å². The zero-order valence-electron chi connectivity index (χ0n) is 29.4. The Morgan fingerprint density at radius 1 is 0.741 bits per heavy atom. The van der Waals surface area contributed by atoms with Crippen LogP contribution in [0.5, 0.6) is 5.75 Å². The van der Waals surface area contributed by atoms with Crippen LogP contribution in [-0.4, -0.2) is 40.2 Å². The molecule has 7 aromatic rings. The summed E-state index contributed by atoms with van der Waals surface area (Å²) >= 11 is 1.44. The van der Waals surface area contributed by atoms with Crippen molar-refractivity contribution in [2.75, 3.05) is 24.2 Å². The molecule has 3 heterocycles. The molecular formula is C44H36F4N4OS. The number of rotatable bonds is 9. The van der Waals surface area contributed by atoms with E-state index in [9.17, 15) is 4.39 Å². The van der Waals surface area contributed by atoms with Crippen LogP contribution in [0.2, 0.25) is 0 Å². The van der Waals surface area contributed by atoms with Crippen molar-refractivity contribution in [3.63, 3.8) is 0 Å². The highest BCUT2D eigenvalue weighted by Gasteiger charge is 2.44. The van der Waals surface area contributed by atoms with E-state index < -0.39 is 17.4 Å². The van der Waals surface area contributed by atoms with Crippen molar-refractivity contribution in [2.24, 2.45) is 0 Å². The van der Waals surface area contributed by atoms with Crippen LogP contribution in [0, 0.1) is 5.82 Å². The first-order valence-electron chi connectivity index (χ1n) is 17.7. The molecule has 0 amide bonds. The number of halogens is 4. The Hall–Kier alpha value is -5.61. The second kappa shape index (κ2) is 14.7. The van der Waals surface area contributed by atoms with E-state index in [1.807, 2.05) is 103 Å². The minimum Gasteiger partial charge on any atom is -0.489 e. The fourth-order valence-corrected chi connectivity index (χ4v) is 8.16. The van der Waals surface area contributed by atoms with Crippen molar-refractivity contribution in [1.29, 1.82) is 0 Å². The molecule has 2 aromatic heterocycles. The predicted octanol–water partition coefficient (Wildman–Crippen LogP) is 10.9. The Balaban J connectivity index is 1.21. The number of ether oxygens (including phenoxy) is 1. The van der Waals surface area contributed by atoms with E-state index in [-0.39, 0.29) is 17.5 Å². The van der Waals surface area contributed by atoms with Gasteiger partial charge in [0.05, 0.1) is 10.4 Å². The van der Waals surface area contributed by atoms with Crippen LogP contribution in [-0.2, 0) is 11.7 Å². The minimum absolute atomic E-state index is 0.0256. The Morgan fingerprint density at radius 2 is 1.35 bits per heavy atom. The lowest BCUT2D eigenvalue weighted by atomic mass is 9.77. The summed E-state index contributed by atoms with van der Waals surface area (Å²) in [4.78, 5) is 7.56. The van der Waals surface area contributed by atoms with E-state index >= 15 is 13.2 Å². The maximum atomic E-state index is 15.2. The van der Waals surface area contributed by atoms with E-state index in [1.165, 1.54) is 34.8 Å². The number of alkyl halides is 3. The molecule has 54 heavy (non-hydrogen) atoms. The third-order valence-corrected chi connectivity index (χ3v) is 10.9. The molecule has 0 radical (unpaired) electrons. The van der Waals surface area contributed by atoms with Crippen LogP contribution in [0.1, 0.15) is 35.2 Å². The molecule has 0 aliphatic carbocycles. The lowest BCUT2D eigenvalue weighted by Gasteiger charge is -2.36. The van der Waals surface area contributed by atoms with Gasteiger partial charge >= 0.3 is 6.18 Å². The van der Waals surface area contributed by atoms with Crippen LogP contribution in [0.3, 0.4) is 0 Å². The molecule has 10 heteroatoms. The van der Waals surface area contributed by atoms with E-state index in [2.05, 4.69) is 15.0 Å². The van der Waals surface area contributed by atoms with Gasteiger partial charge < -0.3 is 9.64 Å². The number of benzene rings is 5. The average Bonchev–Trinajstić information content (AvgIpc) is 3.67. The Kier molecular flexibility index (Phi) is 9.62. The highest BCUT2D eigenvalue weighted by molar-refractivity contribution is 7.98. The number of thioether (sulfide) groups is 1. The molecule has 1 saturated heterocycles. The zero-order chi connectivity index (χ0) is 37.3. The number of nitrogens with zero attached hydrogens (tertiary/aromatic N) is 4. The first-order chi connectivity index (χ1) is 26.3. The van der Waals surface area contributed by atoms with Gasteiger partial charge in [0.25, 0.3) is 0 Å². The topological polar surface area (TPSA) is 43.2 Å². The number of fused-ring (bicyclic) bond motifs is 1. The summed E-state index contributed by atoms with van der Waals surface area (Å²) in [6.07, 6.45) is 1.80. The van der Waals surface area contributed by atoms with Crippen LogP contribution in [0.25, 0.3) is 22.0 Å². The summed E-state index contributed by atoms with van der Waals surface area (Å²) in [5, 5.41) is 5.19. The molecule has 1 aliphatic rings. The smallest absolute Gasteiger partial charge is 0.435 e. The Labute approximate surface area is 315 Å². The molecule has 0 unspecified atom stereocenters. The Bertz CT molecular complexity index is 2280. The molecule has 272 valence electrons. The molecule has 1 aliphatic heterocycles. The largest absolute Gasteiger partial charge is 0.489 e. The molecule has 5 aromatic carbocycles. The van der Waals surface area contributed by atoms with Gasteiger partial charge in [0.2, 0.25) is 0 Å². The van der Waals surface area contributed by atoms with Crippen LogP contribution < -0.4 is 9.64 Å². The molecule has 0 spiro atoms. The lowest BCUT2D eigenvalue weighted by Crippen LogP contribution is -2.38. The maximum absolute atomic E-state index is 15.2. The van der Waals surface area contributed by atoms with Gasteiger partial charge in [-0.15, -0.1) is 11.8 Å². The molecular weight excluding hydrogens is 709 g/mol. The quantitative estimate of drug-likeness (QED) is 0.0837. The van der Waals surface area contributed by atoms with Crippen LogP contribution in [0.4, 0.5) is 23.2 Å². The van der Waals surface area contributed by atoms with Gasteiger partial charge in [0.1, 0.15) is 23.2 Å². The number of anilines is 1. The number of hydrogen-bond donors (Lipinski definition) is 0.